The lowest BCUT2D eigenvalue weighted by atomic mass is 9.75. The monoisotopic (exact) mass is 212 g/mol. The van der Waals surface area contributed by atoms with E-state index in [0.717, 1.165) is 32.1 Å². The van der Waals surface area contributed by atoms with Gasteiger partial charge in [0.2, 0.25) is 0 Å². The summed E-state index contributed by atoms with van der Waals surface area (Å²) in [6.07, 6.45) is 5.00. The van der Waals surface area contributed by atoms with Crippen molar-refractivity contribution in [3.8, 4) is 0 Å². The Bertz CT molecular complexity index is 204. The highest BCUT2D eigenvalue weighted by atomic mass is 16.3. The van der Waals surface area contributed by atoms with Gasteiger partial charge in [-0.25, -0.2) is 0 Å². The van der Waals surface area contributed by atoms with Crippen LogP contribution in [-0.2, 0) is 0 Å². The minimum Gasteiger partial charge on any atom is -0.394 e. The lowest BCUT2D eigenvalue weighted by molar-refractivity contribution is -0.0191. The molecule has 15 heavy (non-hydrogen) atoms. The molecule has 2 fully saturated rings. The summed E-state index contributed by atoms with van der Waals surface area (Å²) in [5.74, 6) is 0.779. The van der Waals surface area contributed by atoms with Gasteiger partial charge >= 0.3 is 0 Å². The number of aliphatic hydroxyl groups excluding tert-OH is 1. The van der Waals surface area contributed by atoms with Gasteiger partial charge in [-0.15, -0.1) is 0 Å². The number of piperazine rings is 1. The molecule has 1 saturated heterocycles. The van der Waals surface area contributed by atoms with E-state index in [1.165, 1.54) is 25.7 Å². The van der Waals surface area contributed by atoms with E-state index >= 15 is 0 Å². The molecule has 2 rings (SSSR count). The van der Waals surface area contributed by atoms with Gasteiger partial charge in [0.25, 0.3) is 0 Å². The predicted octanol–water partition coefficient (Wildman–Crippen LogP) is 0.833. The molecule has 1 aliphatic carbocycles. The van der Waals surface area contributed by atoms with E-state index in [-0.39, 0.29) is 5.54 Å². The Kier molecular flexibility index (Phi) is 3.65. The molecule has 1 heterocycles. The van der Waals surface area contributed by atoms with Gasteiger partial charge in [0.15, 0.2) is 0 Å². The molecule has 0 spiro atoms. The van der Waals surface area contributed by atoms with E-state index in [4.69, 9.17) is 0 Å². The van der Waals surface area contributed by atoms with Crippen molar-refractivity contribution in [2.75, 3.05) is 32.8 Å². The lowest BCUT2D eigenvalue weighted by Gasteiger charge is -2.48. The van der Waals surface area contributed by atoms with Gasteiger partial charge in [0.05, 0.1) is 6.61 Å². The SMILES string of the molecule is CC1CCCC(CO)(N2CCNCC2)C1. The maximum Gasteiger partial charge on any atom is 0.0615 e. The highest BCUT2D eigenvalue weighted by molar-refractivity contribution is 4.95. The largest absolute Gasteiger partial charge is 0.394 e. The van der Waals surface area contributed by atoms with Gasteiger partial charge in [0, 0.05) is 31.7 Å². The summed E-state index contributed by atoms with van der Waals surface area (Å²) in [6.45, 7) is 7.04. The third-order valence-electron chi connectivity index (χ3n) is 4.15. The first kappa shape index (κ1) is 11.4. The van der Waals surface area contributed by atoms with E-state index in [1.54, 1.807) is 0 Å². The molecule has 0 aromatic carbocycles. The number of hydrogen-bond donors (Lipinski definition) is 2. The summed E-state index contributed by atoms with van der Waals surface area (Å²) >= 11 is 0. The van der Waals surface area contributed by atoms with Crippen LogP contribution in [0.1, 0.15) is 32.6 Å². The Labute approximate surface area is 92.8 Å². The minimum absolute atomic E-state index is 0.111. The summed E-state index contributed by atoms with van der Waals surface area (Å²) in [6, 6.07) is 0. The maximum absolute atomic E-state index is 9.75. The van der Waals surface area contributed by atoms with Gasteiger partial charge in [-0.2, -0.15) is 0 Å². The minimum atomic E-state index is 0.111. The molecule has 0 radical (unpaired) electrons. The van der Waals surface area contributed by atoms with Gasteiger partial charge in [0.1, 0.15) is 0 Å². The summed E-state index contributed by atoms with van der Waals surface area (Å²) in [5, 5.41) is 13.1. The zero-order valence-electron chi connectivity index (χ0n) is 9.84. The van der Waals surface area contributed by atoms with Crippen LogP contribution < -0.4 is 5.32 Å². The highest BCUT2D eigenvalue weighted by Crippen LogP contribution is 2.36. The van der Waals surface area contributed by atoms with Crippen molar-refractivity contribution in [1.29, 1.82) is 0 Å². The highest BCUT2D eigenvalue weighted by Gasteiger charge is 2.39. The topological polar surface area (TPSA) is 35.5 Å². The predicted molar refractivity (Wildman–Crippen MR) is 61.9 cm³/mol. The Morgan fingerprint density at radius 2 is 2.13 bits per heavy atom. The fraction of sp³-hybridized carbons (Fsp3) is 1.00. The van der Waals surface area contributed by atoms with E-state index in [0.29, 0.717) is 6.61 Å². The van der Waals surface area contributed by atoms with Crippen molar-refractivity contribution < 1.29 is 5.11 Å². The van der Waals surface area contributed by atoms with Crippen LogP contribution >= 0.6 is 0 Å². The quantitative estimate of drug-likeness (QED) is 0.712. The van der Waals surface area contributed by atoms with E-state index in [9.17, 15) is 5.11 Å². The van der Waals surface area contributed by atoms with Gasteiger partial charge in [-0.3, -0.25) is 4.90 Å². The number of hydrogen-bond acceptors (Lipinski definition) is 3. The Balaban J connectivity index is 2.04. The Hall–Kier alpha value is -0.120. The van der Waals surface area contributed by atoms with Crippen molar-refractivity contribution in [3.63, 3.8) is 0 Å². The van der Waals surface area contributed by atoms with Crippen LogP contribution in [0.3, 0.4) is 0 Å². The maximum atomic E-state index is 9.75. The number of nitrogens with one attached hydrogen (secondary N) is 1. The first-order valence-corrected chi connectivity index (χ1v) is 6.33. The third kappa shape index (κ3) is 2.35. The first-order chi connectivity index (χ1) is 7.27. The molecule has 0 amide bonds. The van der Waals surface area contributed by atoms with Crippen LogP contribution in [0, 0.1) is 5.92 Å². The fourth-order valence-electron chi connectivity index (χ4n) is 3.30. The molecule has 0 aromatic rings. The van der Waals surface area contributed by atoms with Crippen molar-refractivity contribution in [2.24, 2.45) is 5.92 Å². The zero-order chi connectivity index (χ0) is 10.7. The van der Waals surface area contributed by atoms with Crippen LogP contribution in [0.5, 0.6) is 0 Å². The van der Waals surface area contributed by atoms with Crippen LogP contribution in [0.4, 0.5) is 0 Å². The number of rotatable bonds is 2. The molecular weight excluding hydrogens is 188 g/mol. The zero-order valence-corrected chi connectivity index (χ0v) is 9.84. The summed E-state index contributed by atoms with van der Waals surface area (Å²) in [7, 11) is 0. The second-order valence-corrected chi connectivity index (χ2v) is 5.32. The lowest BCUT2D eigenvalue weighted by Crippen LogP contribution is -2.59. The standard InChI is InChI=1S/C12H24N2O/c1-11-3-2-4-12(9-11,10-15)14-7-5-13-6-8-14/h11,13,15H,2-10H2,1H3. The molecule has 3 nitrogen and oxygen atoms in total. The summed E-state index contributed by atoms with van der Waals surface area (Å²) in [5.41, 5.74) is 0.111. The molecule has 3 heteroatoms. The van der Waals surface area contributed by atoms with E-state index in [1.807, 2.05) is 0 Å². The van der Waals surface area contributed by atoms with Crippen LogP contribution in [0.15, 0.2) is 0 Å². The average Bonchev–Trinajstić information content (AvgIpc) is 2.30. The Morgan fingerprint density at radius 3 is 2.73 bits per heavy atom. The average molecular weight is 212 g/mol. The van der Waals surface area contributed by atoms with Crippen molar-refractivity contribution in [1.82, 2.24) is 10.2 Å². The second kappa shape index (κ2) is 4.81. The molecule has 2 aliphatic rings. The molecule has 88 valence electrons. The smallest absolute Gasteiger partial charge is 0.0615 e. The van der Waals surface area contributed by atoms with Crippen molar-refractivity contribution in [3.05, 3.63) is 0 Å². The van der Waals surface area contributed by atoms with Gasteiger partial charge in [-0.1, -0.05) is 19.8 Å². The molecule has 0 bridgehead atoms. The Morgan fingerprint density at radius 1 is 1.40 bits per heavy atom. The van der Waals surface area contributed by atoms with Crippen molar-refractivity contribution in [2.45, 2.75) is 38.1 Å². The number of nitrogens with zero attached hydrogens (tertiary/aromatic N) is 1. The van der Waals surface area contributed by atoms with E-state index in [2.05, 4.69) is 17.1 Å². The second-order valence-electron chi connectivity index (χ2n) is 5.32. The first-order valence-electron chi connectivity index (χ1n) is 6.33. The van der Waals surface area contributed by atoms with Crippen LogP contribution in [0.2, 0.25) is 0 Å². The molecule has 2 unspecified atom stereocenters. The molecule has 2 N–H and O–H groups in total. The van der Waals surface area contributed by atoms with Crippen LogP contribution in [0.25, 0.3) is 0 Å². The van der Waals surface area contributed by atoms with E-state index < -0.39 is 0 Å². The molecule has 2 atom stereocenters. The molecule has 1 saturated carbocycles. The normalized spacial score (nSPS) is 39.2. The van der Waals surface area contributed by atoms with Crippen LogP contribution in [-0.4, -0.2) is 48.3 Å². The van der Waals surface area contributed by atoms with Crippen molar-refractivity contribution >= 4 is 0 Å². The molecule has 1 aliphatic heterocycles. The third-order valence-corrected chi connectivity index (χ3v) is 4.15. The molecule has 0 aromatic heterocycles. The summed E-state index contributed by atoms with van der Waals surface area (Å²) in [4.78, 5) is 2.53. The van der Waals surface area contributed by atoms with Gasteiger partial charge in [-0.05, 0) is 18.8 Å². The molecular formula is C12H24N2O. The summed E-state index contributed by atoms with van der Waals surface area (Å²) < 4.78 is 0. The fourth-order valence-corrected chi connectivity index (χ4v) is 3.30. The van der Waals surface area contributed by atoms with Gasteiger partial charge < -0.3 is 10.4 Å². The number of aliphatic hydroxyl groups is 1.